The number of alkyl halides is 3. The Morgan fingerprint density at radius 3 is 2.42 bits per heavy atom. The Bertz CT molecular complexity index is 1020. The standard InChI is InChI=1S/C24H27ClF3N3O2/c1-15(2)13-21(30-33)18-5-3-16(4-6-18)14-29-22-19-10-12-31(23(32)24(26,27)28)11-9-17(19)7-8-20(22)25/h3-8,15,29,33H,9-14H2,1-2H3/b30-21-. The molecule has 5 nitrogen and oxygen atoms in total. The smallest absolute Gasteiger partial charge is 0.411 e. The van der Waals surface area contributed by atoms with E-state index in [0.29, 0.717) is 41.7 Å². The lowest BCUT2D eigenvalue weighted by molar-refractivity contribution is -0.185. The molecule has 3 rings (SSSR count). The van der Waals surface area contributed by atoms with Crippen LogP contribution in [0.3, 0.4) is 0 Å². The number of anilines is 1. The van der Waals surface area contributed by atoms with E-state index in [1.807, 2.05) is 44.2 Å². The van der Waals surface area contributed by atoms with Crippen LogP contribution in [0.5, 0.6) is 0 Å². The van der Waals surface area contributed by atoms with Gasteiger partial charge in [-0.25, -0.2) is 0 Å². The van der Waals surface area contributed by atoms with Crippen molar-refractivity contribution >= 4 is 28.9 Å². The summed E-state index contributed by atoms with van der Waals surface area (Å²) in [4.78, 5) is 12.5. The van der Waals surface area contributed by atoms with Gasteiger partial charge in [0.1, 0.15) is 0 Å². The Kier molecular flexibility index (Phi) is 7.89. The Labute approximate surface area is 196 Å². The number of hydrogen-bond acceptors (Lipinski definition) is 4. The molecule has 1 amide bonds. The van der Waals surface area contributed by atoms with E-state index >= 15 is 0 Å². The van der Waals surface area contributed by atoms with Crippen LogP contribution in [-0.2, 0) is 24.2 Å². The normalized spacial score (nSPS) is 14.8. The summed E-state index contributed by atoms with van der Waals surface area (Å²) in [6.07, 6.45) is -3.60. The third-order valence-electron chi connectivity index (χ3n) is 5.65. The van der Waals surface area contributed by atoms with Crippen molar-refractivity contribution in [3.05, 3.63) is 63.7 Å². The zero-order valence-corrected chi connectivity index (χ0v) is 19.3. The van der Waals surface area contributed by atoms with Gasteiger partial charge in [-0.3, -0.25) is 4.79 Å². The molecule has 0 saturated carbocycles. The number of oxime groups is 1. The van der Waals surface area contributed by atoms with Crippen LogP contribution in [0.15, 0.2) is 41.6 Å². The lowest BCUT2D eigenvalue weighted by Gasteiger charge is -2.21. The third-order valence-corrected chi connectivity index (χ3v) is 5.97. The SMILES string of the molecule is CC(C)C/C(=N/O)c1ccc(CNc2c(Cl)ccc3c2CCN(C(=O)C(F)(F)F)CC3)cc1. The van der Waals surface area contributed by atoms with E-state index in [1.165, 1.54) is 0 Å². The van der Waals surface area contributed by atoms with Crippen molar-refractivity contribution in [2.24, 2.45) is 11.1 Å². The van der Waals surface area contributed by atoms with Crippen molar-refractivity contribution in [3.8, 4) is 0 Å². The predicted octanol–water partition coefficient (Wildman–Crippen LogP) is 5.67. The molecule has 0 atom stereocenters. The van der Waals surface area contributed by atoms with Crippen LogP contribution in [0, 0.1) is 5.92 Å². The maximum atomic E-state index is 12.9. The van der Waals surface area contributed by atoms with Crippen molar-refractivity contribution in [2.45, 2.75) is 45.8 Å². The molecule has 2 aromatic carbocycles. The molecule has 0 saturated heterocycles. The molecule has 0 aromatic heterocycles. The van der Waals surface area contributed by atoms with Gasteiger partial charge in [0.05, 0.1) is 16.4 Å². The first-order chi connectivity index (χ1) is 15.6. The molecule has 0 radical (unpaired) electrons. The lowest BCUT2D eigenvalue weighted by Crippen LogP contribution is -2.42. The van der Waals surface area contributed by atoms with Gasteiger partial charge in [-0.05, 0) is 53.5 Å². The number of nitrogens with zero attached hydrogens (tertiary/aromatic N) is 2. The molecule has 2 aromatic rings. The molecule has 9 heteroatoms. The second-order valence-electron chi connectivity index (χ2n) is 8.55. The van der Waals surface area contributed by atoms with E-state index in [1.54, 1.807) is 6.07 Å². The average Bonchev–Trinajstić information content (AvgIpc) is 2.98. The van der Waals surface area contributed by atoms with E-state index in [4.69, 9.17) is 11.6 Å². The van der Waals surface area contributed by atoms with E-state index in [9.17, 15) is 23.2 Å². The minimum absolute atomic E-state index is 0.0129. The van der Waals surface area contributed by atoms with Gasteiger partial charge >= 0.3 is 12.1 Å². The van der Waals surface area contributed by atoms with Gasteiger partial charge in [0.15, 0.2) is 0 Å². The highest BCUT2D eigenvalue weighted by atomic mass is 35.5. The number of hydrogen-bond donors (Lipinski definition) is 2. The average molecular weight is 482 g/mol. The fourth-order valence-corrected chi connectivity index (χ4v) is 4.22. The first-order valence-corrected chi connectivity index (χ1v) is 11.2. The molecule has 0 unspecified atom stereocenters. The highest BCUT2D eigenvalue weighted by Gasteiger charge is 2.42. The maximum Gasteiger partial charge on any atom is 0.471 e. The molecule has 1 heterocycles. The van der Waals surface area contributed by atoms with Crippen LogP contribution in [0.4, 0.5) is 18.9 Å². The van der Waals surface area contributed by atoms with Gasteiger partial charge in [-0.2, -0.15) is 13.2 Å². The van der Waals surface area contributed by atoms with Gasteiger partial charge in [-0.15, -0.1) is 0 Å². The first-order valence-electron chi connectivity index (χ1n) is 10.8. The number of fused-ring (bicyclic) bond motifs is 1. The summed E-state index contributed by atoms with van der Waals surface area (Å²) in [6.45, 7) is 4.55. The number of nitrogens with one attached hydrogen (secondary N) is 1. The summed E-state index contributed by atoms with van der Waals surface area (Å²) >= 11 is 6.42. The zero-order chi connectivity index (χ0) is 24.2. The van der Waals surface area contributed by atoms with Crippen LogP contribution < -0.4 is 5.32 Å². The second-order valence-corrected chi connectivity index (χ2v) is 8.95. The van der Waals surface area contributed by atoms with Crippen molar-refractivity contribution in [1.82, 2.24) is 4.90 Å². The van der Waals surface area contributed by atoms with Crippen LogP contribution in [0.25, 0.3) is 0 Å². The summed E-state index contributed by atoms with van der Waals surface area (Å²) in [5.74, 6) is -1.45. The van der Waals surface area contributed by atoms with E-state index in [0.717, 1.165) is 27.2 Å². The number of carbonyl (C=O) groups is 1. The van der Waals surface area contributed by atoms with Crippen molar-refractivity contribution in [3.63, 3.8) is 0 Å². The molecule has 0 spiro atoms. The molecule has 1 aliphatic rings. The molecular weight excluding hydrogens is 455 g/mol. The van der Waals surface area contributed by atoms with Crippen LogP contribution in [0.2, 0.25) is 5.02 Å². The summed E-state index contributed by atoms with van der Waals surface area (Å²) in [7, 11) is 0. The van der Waals surface area contributed by atoms with Gasteiger partial charge in [0.25, 0.3) is 0 Å². The largest absolute Gasteiger partial charge is 0.471 e. The third kappa shape index (κ3) is 6.19. The Hall–Kier alpha value is -2.74. The van der Waals surface area contributed by atoms with Crippen LogP contribution in [-0.4, -0.2) is 41.0 Å². The fraction of sp³-hybridized carbons (Fsp3) is 0.417. The Balaban J connectivity index is 1.73. The maximum absolute atomic E-state index is 12.9. The molecule has 0 bridgehead atoms. The zero-order valence-electron chi connectivity index (χ0n) is 18.5. The molecule has 1 aliphatic heterocycles. The topological polar surface area (TPSA) is 64.9 Å². The fourth-order valence-electron chi connectivity index (χ4n) is 3.98. The Morgan fingerprint density at radius 2 is 1.82 bits per heavy atom. The number of carbonyl (C=O) groups excluding carboxylic acids is 1. The molecule has 33 heavy (non-hydrogen) atoms. The van der Waals surface area contributed by atoms with Crippen LogP contribution in [0.1, 0.15) is 42.5 Å². The van der Waals surface area contributed by atoms with Crippen molar-refractivity contribution in [2.75, 3.05) is 18.4 Å². The summed E-state index contributed by atoms with van der Waals surface area (Å²) in [6, 6.07) is 11.2. The number of halogens is 4. The summed E-state index contributed by atoms with van der Waals surface area (Å²) in [5.41, 5.74) is 4.83. The van der Waals surface area contributed by atoms with Gasteiger partial charge in [0.2, 0.25) is 0 Å². The Morgan fingerprint density at radius 1 is 1.15 bits per heavy atom. The minimum atomic E-state index is -4.88. The molecule has 0 fully saturated rings. The highest BCUT2D eigenvalue weighted by Crippen LogP contribution is 2.32. The molecule has 2 N–H and O–H groups in total. The molecule has 178 valence electrons. The minimum Gasteiger partial charge on any atom is -0.411 e. The van der Waals surface area contributed by atoms with Gasteiger partial charge in [-0.1, -0.05) is 60.9 Å². The van der Waals surface area contributed by atoms with Crippen LogP contribution >= 0.6 is 11.6 Å². The second kappa shape index (κ2) is 10.5. The highest BCUT2D eigenvalue weighted by molar-refractivity contribution is 6.33. The van der Waals surface area contributed by atoms with Crippen molar-refractivity contribution in [1.29, 1.82) is 0 Å². The molecule has 0 aliphatic carbocycles. The van der Waals surface area contributed by atoms with Gasteiger partial charge < -0.3 is 15.4 Å². The number of benzene rings is 2. The number of rotatable bonds is 6. The predicted molar refractivity (Wildman–Crippen MR) is 123 cm³/mol. The van der Waals surface area contributed by atoms with Gasteiger partial charge in [0, 0.05) is 19.6 Å². The number of amides is 1. The van der Waals surface area contributed by atoms with E-state index in [2.05, 4.69) is 10.5 Å². The molecular formula is C24H27ClF3N3O2. The summed E-state index contributed by atoms with van der Waals surface area (Å²) in [5, 5.41) is 16.5. The first kappa shape index (κ1) is 24.9. The lowest BCUT2D eigenvalue weighted by atomic mass is 9.99. The van der Waals surface area contributed by atoms with E-state index < -0.39 is 12.1 Å². The summed E-state index contributed by atoms with van der Waals surface area (Å²) < 4.78 is 38.6. The monoisotopic (exact) mass is 481 g/mol. The van der Waals surface area contributed by atoms with E-state index in [-0.39, 0.29) is 19.5 Å². The quantitative estimate of drug-likeness (QED) is 0.317. The van der Waals surface area contributed by atoms with Crippen molar-refractivity contribution < 1.29 is 23.2 Å².